The van der Waals surface area contributed by atoms with Gasteiger partial charge in [0.1, 0.15) is 0 Å². The minimum atomic E-state index is -0.413. The first-order valence-electron chi connectivity index (χ1n) is 8.47. The lowest BCUT2D eigenvalue weighted by molar-refractivity contribution is 0.0119. The second kappa shape index (κ2) is 7.37. The molecule has 25 heavy (non-hydrogen) atoms. The summed E-state index contributed by atoms with van der Waals surface area (Å²) < 4.78 is 9.74. The number of β-amino-alcohol motifs (C(OH)–C–C–N with tert-alkyl or cyclic N) is 1. The molecular weight excluding hydrogens is 448 g/mol. The van der Waals surface area contributed by atoms with Crippen molar-refractivity contribution in [3.63, 3.8) is 0 Å². The van der Waals surface area contributed by atoms with Crippen LogP contribution in [-0.2, 0) is 11.3 Å². The summed E-state index contributed by atoms with van der Waals surface area (Å²) in [4.78, 5) is 2.27. The Balaban J connectivity index is 1.69. The summed E-state index contributed by atoms with van der Waals surface area (Å²) in [6, 6.07) is 12.6. The van der Waals surface area contributed by atoms with Gasteiger partial charge >= 0.3 is 0 Å². The Bertz CT molecular complexity index is 844. The van der Waals surface area contributed by atoms with Crippen LogP contribution in [0.4, 0.5) is 0 Å². The van der Waals surface area contributed by atoms with Crippen LogP contribution in [0.15, 0.2) is 45.3 Å². The maximum Gasteiger partial charge on any atom is 0.0846 e. The maximum atomic E-state index is 10.7. The smallest absolute Gasteiger partial charge is 0.0846 e. The van der Waals surface area contributed by atoms with Gasteiger partial charge in [-0.2, -0.15) is 0 Å². The number of aliphatic hydroxyl groups is 1. The Morgan fingerprint density at radius 2 is 1.48 bits per heavy atom. The number of aliphatic hydroxyl groups excluding tert-OH is 1. The number of aromatic nitrogens is 1. The minimum absolute atomic E-state index is 0.413. The van der Waals surface area contributed by atoms with Crippen molar-refractivity contribution in [1.82, 2.24) is 9.47 Å². The fraction of sp³-hybridized carbons (Fsp3) is 0.368. The van der Waals surface area contributed by atoms with E-state index in [0.717, 1.165) is 46.3 Å². The number of nitrogens with zero attached hydrogens (tertiary/aromatic N) is 2. The Morgan fingerprint density at radius 1 is 0.920 bits per heavy atom. The van der Waals surface area contributed by atoms with Gasteiger partial charge in [0, 0.05) is 50.4 Å². The molecule has 4 rings (SSSR count). The molecule has 1 fully saturated rings. The van der Waals surface area contributed by atoms with Gasteiger partial charge in [0.25, 0.3) is 0 Å². The summed E-state index contributed by atoms with van der Waals surface area (Å²) in [6.07, 6.45) is -0.413. The van der Waals surface area contributed by atoms with Gasteiger partial charge in [-0.3, -0.25) is 4.90 Å². The summed E-state index contributed by atoms with van der Waals surface area (Å²) in [7, 11) is 0. The number of ether oxygens (including phenoxy) is 1. The van der Waals surface area contributed by atoms with Crippen molar-refractivity contribution in [2.45, 2.75) is 12.6 Å². The van der Waals surface area contributed by atoms with E-state index in [1.807, 2.05) is 0 Å². The van der Waals surface area contributed by atoms with Crippen LogP contribution >= 0.6 is 31.9 Å². The molecule has 1 aliphatic heterocycles. The van der Waals surface area contributed by atoms with E-state index in [0.29, 0.717) is 13.1 Å². The van der Waals surface area contributed by atoms with E-state index in [2.05, 4.69) is 77.7 Å². The van der Waals surface area contributed by atoms with Crippen molar-refractivity contribution in [2.75, 3.05) is 32.8 Å². The van der Waals surface area contributed by atoms with Gasteiger partial charge < -0.3 is 14.4 Å². The molecule has 1 atom stereocenters. The highest BCUT2D eigenvalue weighted by molar-refractivity contribution is 9.10. The van der Waals surface area contributed by atoms with E-state index in [1.54, 1.807) is 0 Å². The molecule has 0 unspecified atom stereocenters. The highest BCUT2D eigenvalue weighted by Gasteiger charge is 2.18. The fourth-order valence-electron chi connectivity index (χ4n) is 3.60. The van der Waals surface area contributed by atoms with Gasteiger partial charge in [-0.25, -0.2) is 0 Å². The zero-order chi connectivity index (χ0) is 17.4. The third-order valence-corrected chi connectivity index (χ3v) is 5.74. The lowest BCUT2D eigenvalue weighted by Gasteiger charge is -2.28. The Kier molecular flexibility index (Phi) is 5.15. The standard InChI is InChI=1S/C19H20Br2N2O2/c20-13-1-3-18-16(9-13)17-10-14(21)2-4-19(17)23(18)12-15(24)11-22-5-7-25-8-6-22/h1-4,9-10,15,24H,5-8,11-12H2/t15-/m1/s1. The number of fused-ring (bicyclic) bond motifs is 3. The first-order chi connectivity index (χ1) is 12.1. The van der Waals surface area contributed by atoms with Crippen molar-refractivity contribution in [3.8, 4) is 0 Å². The van der Waals surface area contributed by atoms with Gasteiger partial charge in [0.2, 0.25) is 0 Å². The maximum absolute atomic E-state index is 10.7. The van der Waals surface area contributed by atoms with Crippen molar-refractivity contribution in [3.05, 3.63) is 45.3 Å². The summed E-state index contributed by atoms with van der Waals surface area (Å²) in [6.45, 7) is 4.56. The number of hydrogen-bond donors (Lipinski definition) is 1. The first kappa shape index (κ1) is 17.5. The number of halogens is 2. The highest BCUT2D eigenvalue weighted by atomic mass is 79.9. The summed E-state index contributed by atoms with van der Waals surface area (Å²) in [5.41, 5.74) is 2.30. The molecule has 1 aromatic heterocycles. The van der Waals surface area contributed by atoms with Crippen LogP contribution in [0.25, 0.3) is 21.8 Å². The largest absolute Gasteiger partial charge is 0.390 e. The second-order valence-corrected chi connectivity index (χ2v) is 8.33. The van der Waals surface area contributed by atoms with Gasteiger partial charge in [0.05, 0.1) is 25.9 Å². The molecule has 2 aromatic carbocycles. The Hall–Kier alpha value is -0.920. The van der Waals surface area contributed by atoms with E-state index >= 15 is 0 Å². The van der Waals surface area contributed by atoms with Gasteiger partial charge in [-0.15, -0.1) is 0 Å². The molecule has 0 spiro atoms. The number of rotatable bonds is 4. The monoisotopic (exact) mass is 466 g/mol. The van der Waals surface area contributed by atoms with E-state index in [4.69, 9.17) is 4.74 Å². The van der Waals surface area contributed by atoms with Crippen LogP contribution in [0.5, 0.6) is 0 Å². The van der Waals surface area contributed by atoms with Crippen LogP contribution in [0.1, 0.15) is 0 Å². The average Bonchev–Trinajstić information content (AvgIpc) is 2.88. The van der Waals surface area contributed by atoms with Crippen LogP contribution in [-0.4, -0.2) is 53.5 Å². The summed E-state index contributed by atoms with van der Waals surface area (Å²) in [5.74, 6) is 0. The topological polar surface area (TPSA) is 37.6 Å². The zero-order valence-electron chi connectivity index (χ0n) is 13.8. The third-order valence-electron chi connectivity index (χ3n) is 4.75. The predicted molar refractivity (Wildman–Crippen MR) is 108 cm³/mol. The minimum Gasteiger partial charge on any atom is -0.390 e. The van der Waals surface area contributed by atoms with Gasteiger partial charge in [0.15, 0.2) is 0 Å². The molecule has 0 amide bonds. The Morgan fingerprint density at radius 3 is 2.04 bits per heavy atom. The summed E-state index contributed by atoms with van der Waals surface area (Å²) in [5, 5.41) is 13.1. The molecule has 6 heteroatoms. The van der Waals surface area contributed by atoms with Crippen molar-refractivity contribution < 1.29 is 9.84 Å². The lowest BCUT2D eigenvalue weighted by Crippen LogP contribution is -2.42. The third kappa shape index (κ3) is 3.64. The molecule has 1 aliphatic rings. The first-order valence-corrected chi connectivity index (χ1v) is 10.1. The zero-order valence-corrected chi connectivity index (χ0v) is 17.0. The molecule has 132 valence electrons. The molecule has 2 heterocycles. The SMILES string of the molecule is O[C@H](CN1CCOCC1)Cn1c2ccc(Br)cc2c2cc(Br)ccc21. The summed E-state index contributed by atoms with van der Waals surface area (Å²) >= 11 is 7.15. The van der Waals surface area contributed by atoms with Crippen LogP contribution in [0, 0.1) is 0 Å². The fourth-order valence-corrected chi connectivity index (χ4v) is 4.32. The molecule has 0 aliphatic carbocycles. The normalized spacial score (nSPS) is 17.4. The average molecular weight is 468 g/mol. The molecule has 3 aromatic rings. The van der Waals surface area contributed by atoms with Crippen molar-refractivity contribution >= 4 is 53.7 Å². The van der Waals surface area contributed by atoms with Gasteiger partial charge in [-0.05, 0) is 36.4 Å². The molecule has 4 nitrogen and oxygen atoms in total. The lowest BCUT2D eigenvalue weighted by atomic mass is 10.2. The number of hydrogen-bond acceptors (Lipinski definition) is 3. The van der Waals surface area contributed by atoms with Crippen LogP contribution in [0.2, 0.25) is 0 Å². The van der Waals surface area contributed by atoms with Crippen molar-refractivity contribution in [2.24, 2.45) is 0 Å². The van der Waals surface area contributed by atoms with Gasteiger partial charge in [-0.1, -0.05) is 31.9 Å². The number of benzene rings is 2. The Labute approximate surface area is 163 Å². The number of morpholine rings is 1. The second-order valence-electron chi connectivity index (χ2n) is 6.50. The molecule has 1 saturated heterocycles. The van der Waals surface area contributed by atoms with Crippen molar-refractivity contribution in [1.29, 1.82) is 0 Å². The van der Waals surface area contributed by atoms with E-state index < -0.39 is 6.10 Å². The van der Waals surface area contributed by atoms with E-state index in [-0.39, 0.29) is 0 Å². The van der Waals surface area contributed by atoms with E-state index in [9.17, 15) is 5.11 Å². The quantitative estimate of drug-likeness (QED) is 0.629. The molecule has 0 radical (unpaired) electrons. The molecule has 0 bridgehead atoms. The molecule has 1 N–H and O–H groups in total. The van der Waals surface area contributed by atoms with Crippen LogP contribution in [0.3, 0.4) is 0 Å². The van der Waals surface area contributed by atoms with Crippen LogP contribution < -0.4 is 0 Å². The molecular formula is C19H20Br2N2O2. The predicted octanol–water partition coefficient (Wildman–Crippen LogP) is 4.01. The van der Waals surface area contributed by atoms with E-state index in [1.165, 1.54) is 10.8 Å². The highest BCUT2D eigenvalue weighted by Crippen LogP contribution is 2.33. The molecule has 0 saturated carbocycles.